The van der Waals surface area contributed by atoms with Crippen LogP contribution in [0.3, 0.4) is 0 Å². The van der Waals surface area contributed by atoms with Crippen molar-refractivity contribution in [2.45, 2.75) is 5.92 Å². The van der Waals surface area contributed by atoms with E-state index in [1.165, 1.54) is 21.9 Å². The molecule has 4 aromatic rings. The standard InChI is InChI=1S/C22H17N/c1-2-10-18(11-3-1)22(21-15-6-7-16-23-21)20-14-8-12-17-9-4-5-13-19(17)20/h1-16,22H. The fraction of sp³-hybridized carbons (Fsp3) is 0.0455. The second-order valence-electron chi connectivity index (χ2n) is 5.67. The van der Waals surface area contributed by atoms with E-state index in [0.717, 1.165) is 5.69 Å². The van der Waals surface area contributed by atoms with Gasteiger partial charge in [0.1, 0.15) is 0 Å². The minimum atomic E-state index is 0.142. The van der Waals surface area contributed by atoms with E-state index in [4.69, 9.17) is 0 Å². The minimum absolute atomic E-state index is 0.142. The molecule has 0 saturated carbocycles. The summed E-state index contributed by atoms with van der Waals surface area (Å²) in [5.74, 6) is 0.142. The largest absolute Gasteiger partial charge is 0.260 e. The first-order chi connectivity index (χ1) is 11.4. The molecule has 0 fully saturated rings. The second kappa shape index (κ2) is 6.05. The summed E-state index contributed by atoms with van der Waals surface area (Å²) in [4.78, 5) is 4.64. The highest BCUT2D eigenvalue weighted by atomic mass is 14.7. The van der Waals surface area contributed by atoms with E-state index >= 15 is 0 Å². The summed E-state index contributed by atoms with van der Waals surface area (Å²) in [6.07, 6.45) is 1.87. The van der Waals surface area contributed by atoms with Crippen molar-refractivity contribution in [3.63, 3.8) is 0 Å². The lowest BCUT2D eigenvalue weighted by Crippen LogP contribution is -2.05. The number of hydrogen-bond acceptors (Lipinski definition) is 1. The van der Waals surface area contributed by atoms with Crippen molar-refractivity contribution in [2.75, 3.05) is 0 Å². The molecule has 1 heteroatoms. The highest BCUT2D eigenvalue weighted by Crippen LogP contribution is 2.34. The Bertz CT molecular complexity index is 869. The van der Waals surface area contributed by atoms with Crippen molar-refractivity contribution >= 4 is 10.8 Å². The van der Waals surface area contributed by atoms with Gasteiger partial charge in [0.15, 0.2) is 0 Å². The van der Waals surface area contributed by atoms with Gasteiger partial charge in [-0.3, -0.25) is 4.98 Å². The molecule has 4 rings (SSSR count). The van der Waals surface area contributed by atoms with Crippen molar-refractivity contribution < 1.29 is 0 Å². The summed E-state index contributed by atoms with van der Waals surface area (Å²) in [7, 11) is 0. The van der Waals surface area contributed by atoms with Crippen LogP contribution in [0, 0.1) is 0 Å². The lowest BCUT2D eigenvalue weighted by Gasteiger charge is -2.19. The first-order valence-electron chi connectivity index (χ1n) is 7.87. The fourth-order valence-electron chi connectivity index (χ4n) is 3.20. The summed E-state index contributed by atoms with van der Waals surface area (Å²) in [6, 6.07) is 31.8. The molecule has 23 heavy (non-hydrogen) atoms. The predicted octanol–water partition coefficient (Wildman–Crippen LogP) is 5.42. The van der Waals surface area contributed by atoms with Gasteiger partial charge in [0.25, 0.3) is 0 Å². The summed E-state index contributed by atoms with van der Waals surface area (Å²) >= 11 is 0. The molecule has 0 amide bonds. The van der Waals surface area contributed by atoms with Crippen molar-refractivity contribution in [3.8, 4) is 0 Å². The van der Waals surface area contributed by atoms with Crippen molar-refractivity contribution in [2.24, 2.45) is 0 Å². The van der Waals surface area contributed by atoms with Gasteiger partial charge in [-0.05, 0) is 34.0 Å². The molecule has 0 aliphatic carbocycles. The van der Waals surface area contributed by atoms with E-state index in [1.54, 1.807) is 0 Å². The van der Waals surface area contributed by atoms with Crippen molar-refractivity contribution in [1.29, 1.82) is 0 Å². The zero-order valence-electron chi connectivity index (χ0n) is 12.8. The SMILES string of the molecule is c1ccc(C(c2ccccn2)c2cccc3ccccc23)cc1. The van der Waals surface area contributed by atoms with Crippen LogP contribution in [0.5, 0.6) is 0 Å². The Hall–Kier alpha value is -2.93. The minimum Gasteiger partial charge on any atom is -0.260 e. The summed E-state index contributed by atoms with van der Waals surface area (Å²) in [6.45, 7) is 0. The molecule has 1 aromatic heterocycles. The van der Waals surface area contributed by atoms with Gasteiger partial charge in [0.05, 0.1) is 11.6 Å². The van der Waals surface area contributed by atoms with Gasteiger partial charge in [-0.15, -0.1) is 0 Å². The Morgan fingerprint density at radius 3 is 2.17 bits per heavy atom. The van der Waals surface area contributed by atoms with Gasteiger partial charge in [0.2, 0.25) is 0 Å². The molecule has 1 unspecified atom stereocenters. The highest BCUT2D eigenvalue weighted by molar-refractivity contribution is 5.87. The Morgan fingerprint density at radius 2 is 1.35 bits per heavy atom. The zero-order valence-corrected chi connectivity index (χ0v) is 12.8. The van der Waals surface area contributed by atoms with Crippen LogP contribution >= 0.6 is 0 Å². The van der Waals surface area contributed by atoms with Crippen molar-refractivity contribution in [1.82, 2.24) is 4.98 Å². The third-order valence-electron chi connectivity index (χ3n) is 4.25. The summed E-state index contributed by atoms with van der Waals surface area (Å²) in [5, 5.41) is 2.55. The quantitative estimate of drug-likeness (QED) is 0.492. The predicted molar refractivity (Wildman–Crippen MR) is 95.6 cm³/mol. The Kier molecular flexibility index (Phi) is 3.61. The molecule has 0 aliphatic rings. The van der Waals surface area contributed by atoms with E-state index in [9.17, 15) is 0 Å². The lowest BCUT2D eigenvalue weighted by molar-refractivity contribution is 0.927. The third-order valence-corrected chi connectivity index (χ3v) is 4.25. The number of nitrogens with zero attached hydrogens (tertiary/aromatic N) is 1. The molecule has 0 radical (unpaired) electrons. The number of hydrogen-bond donors (Lipinski definition) is 0. The number of fused-ring (bicyclic) bond motifs is 1. The van der Waals surface area contributed by atoms with Gasteiger partial charge in [-0.1, -0.05) is 78.9 Å². The normalized spacial score (nSPS) is 12.2. The maximum atomic E-state index is 4.64. The van der Waals surface area contributed by atoms with Crippen LogP contribution in [0.15, 0.2) is 97.2 Å². The van der Waals surface area contributed by atoms with Crippen molar-refractivity contribution in [3.05, 3.63) is 114 Å². The number of aromatic nitrogens is 1. The molecule has 0 bridgehead atoms. The van der Waals surface area contributed by atoms with Crippen LogP contribution in [0.2, 0.25) is 0 Å². The smallest absolute Gasteiger partial charge is 0.0522 e. The molecule has 0 N–H and O–H groups in total. The van der Waals surface area contributed by atoms with E-state index < -0.39 is 0 Å². The molecule has 0 saturated heterocycles. The van der Waals surface area contributed by atoms with Crippen LogP contribution in [0.4, 0.5) is 0 Å². The Morgan fingerprint density at radius 1 is 0.609 bits per heavy atom. The van der Waals surface area contributed by atoms with E-state index in [0.29, 0.717) is 0 Å². The van der Waals surface area contributed by atoms with E-state index in [1.807, 2.05) is 12.3 Å². The molecule has 0 spiro atoms. The number of benzene rings is 3. The molecular formula is C22H17N. The van der Waals surface area contributed by atoms with E-state index in [2.05, 4.69) is 89.9 Å². The van der Waals surface area contributed by atoms with Crippen LogP contribution in [0.1, 0.15) is 22.7 Å². The maximum absolute atomic E-state index is 4.64. The Labute approximate surface area is 136 Å². The van der Waals surface area contributed by atoms with Gasteiger partial charge < -0.3 is 0 Å². The van der Waals surface area contributed by atoms with Crippen LogP contribution in [-0.2, 0) is 0 Å². The summed E-state index contributed by atoms with van der Waals surface area (Å²) in [5.41, 5.74) is 3.64. The third kappa shape index (κ3) is 2.62. The molecule has 1 nitrogen and oxygen atoms in total. The van der Waals surface area contributed by atoms with E-state index in [-0.39, 0.29) is 5.92 Å². The maximum Gasteiger partial charge on any atom is 0.0522 e. The first kappa shape index (κ1) is 13.7. The molecule has 0 aliphatic heterocycles. The lowest BCUT2D eigenvalue weighted by atomic mass is 9.85. The summed E-state index contributed by atoms with van der Waals surface area (Å²) < 4.78 is 0. The molecule has 1 atom stereocenters. The molecule has 1 heterocycles. The van der Waals surface area contributed by atoms with Crippen LogP contribution in [-0.4, -0.2) is 4.98 Å². The van der Waals surface area contributed by atoms with Crippen LogP contribution in [0.25, 0.3) is 10.8 Å². The first-order valence-corrected chi connectivity index (χ1v) is 7.87. The molecule has 110 valence electrons. The number of pyridine rings is 1. The molecule has 3 aromatic carbocycles. The van der Waals surface area contributed by atoms with Gasteiger partial charge in [-0.2, -0.15) is 0 Å². The molecular weight excluding hydrogens is 278 g/mol. The van der Waals surface area contributed by atoms with Gasteiger partial charge >= 0.3 is 0 Å². The second-order valence-corrected chi connectivity index (χ2v) is 5.67. The monoisotopic (exact) mass is 295 g/mol. The zero-order chi connectivity index (χ0) is 15.5. The average Bonchev–Trinajstić information content (AvgIpc) is 2.64. The highest BCUT2D eigenvalue weighted by Gasteiger charge is 2.19. The average molecular weight is 295 g/mol. The van der Waals surface area contributed by atoms with Crippen LogP contribution < -0.4 is 0 Å². The topological polar surface area (TPSA) is 12.9 Å². The van der Waals surface area contributed by atoms with Gasteiger partial charge in [-0.25, -0.2) is 0 Å². The number of rotatable bonds is 3. The fourth-order valence-corrected chi connectivity index (χ4v) is 3.20. The Balaban J connectivity index is 1.98. The van der Waals surface area contributed by atoms with Gasteiger partial charge in [0, 0.05) is 6.20 Å².